The van der Waals surface area contributed by atoms with Gasteiger partial charge in [-0.15, -0.1) is 0 Å². The van der Waals surface area contributed by atoms with Gasteiger partial charge >= 0.3 is 5.97 Å². The maximum atomic E-state index is 11.5. The van der Waals surface area contributed by atoms with Crippen molar-refractivity contribution in [2.75, 3.05) is 7.11 Å². The van der Waals surface area contributed by atoms with Gasteiger partial charge in [0.05, 0.1) is 17.7 Å². The summed E-state index contributed by atoms with van der Waals surface area (Å²) in [5.74, 6) is -0.729. The first-order valence-corrected chi connectivity index (χ1v) is 5.96. The third-order valence-electron chi connectivity index (χ3n) is 1.79. The van der Waals surface area contributed by atoms with E-state index in [0.717, 1.165) is 19.3 Å². The van der Waals surface area contributed by atoms with Crippen LogP contribution < -0.4 is 0 Å². The Bertz CT molecular complexity index is 604. The van der Waals surface area contributed by atoms with Gasteiger partial charge in [0.25, 0.3) is 16.1 Å². The molecule has 8 heteroatoms. The number of sulfonamides is 1. The Kier molecular flexibility index (Phi) is 4.01. The van der Waals surface area contributed by atoms with Gasteiger partial charge in [-0.1, -0.05) is 16.0 Å². The van der Waals surface area contributed by atoms with E-state index in [-0.39, 0.29) is 10.6 Å². The Morgan fingerprint density at radius 3 is 2.65 bits per heavy atom. The Labute approximate surface area is 102 Å². The van der Waals surface area contributed by atoms with Crippen LogP contribution in [0.2, 0.25) is 5.02 Å². The molecule has 0 unspecified atom stereocenters. The topological polar surface area (TPSA) is 89.9 Å². The average molecular weight is 276 g/mol. The fraction of sp³-hybridized carbons (Fsp3) is 0.111. The quantitative estimate of drug-likeness (QED) is 0.469. The fourth-order valence-corrected chi connectivity index (χ4v) is 2.24. The second kappa shape index (κ2) is 5.09. The van der Waals surface area contributed by atoms with Crippen LogP contribution in [0.1, 0.15) is 10.4 Å². The third-order valence-corrected chi connectivity index (χ3v) is 3.44. The number of benzene rings is 1. The predicted octanol–water partition coefficient (Wildman–Crippen LogP) is 1.15. The zero-order chi connectivity index (χ0) is 13.1. The van der Waals surface area contributed by atoms with Crippen LogP contribution >= 0.6 is 11.6 Å². The normalized spacial score (nSPS) is 10.5. The van der Waals surface area contributed by atoms with Crippen LogP contribution in [0.3, 0.4) is 0 Å². The fourth-order valence-electron chi connectivity index (χ4n) is 1.04. The monoisotopic (exact) mass is 275 g/mol. The zero-order valence-corrected chi connectivity index (χ0v) is 10.1. The number of hydrogen-bond acceptors (Lipinski definition) is 5. The first kappa shape index (κ1) is 13.4. The van der Waals surface area contributed by atoms with Crippen LogP contribution in [0.5, 0.6) is 0 Å². The first-order valence-electron chi connectivity index (χ1n) is 4.14. The Morgan fingerprint density at radius 2 is 2.12 bits per heavy atom. The van der Waals surface area contributed by atoms with Crippen molar-refractivity contribution >= 4 is 33.7 Å². The van der Waals surface area contributed by atoms with Gasteiger partial charge in [0.15, 0.2) is 0 Å². The number of hydrogen-bond donors (Lipinski definition) is 0. The van der Waals surface area contributed by atoms with Crippen molar-refractivity contribution in [2.45, 2.75) is 4.90 Å². The highest BCUT2D eigenvalue weighted by Gasteiger charge is 2.19. The van der Waals surface area contributed by atoms with E-state index in [2.05, 4.69) is 9.13 Å². The van der Waals surface area contributed by atoms with Crippen molar-refractivity contribution in [1.29, 1.82) is 0 Å². The van der Waals surface area contributed by atoms with Crippen molar-refractivity contribution < 1.29 is 22.7 Å². The van der Waals surface area contributed by atoms with E-state index in [9.17, 15) is 18.0 Å². The molecule has 0 heterocycles. The lowest BCUT2D eigenvalue weighted by Gasteiger charge is -2.03. The van der Waals surface area contributed by atoms with Crippen molar-refractivity contribution in [3.8, 4) is 0 Å². The molecule has 0 radical (unpaired) electrons. The molecule has 0 aliphatic heterocycles. The number of nitrogens with zero attached hydrogens (tertiary/aromatic N) is 1. The van der Waals surface area contributed by atoms with E-state index in [1.807, 2.05) is 0 Å². The molecule has 0 aliphatic rings. The van der Waals surface area contributed by atoms with Crippen molar-refractivity contribution in [3.63, 3.8) is 0 Å². The zero-order valence-electron chi connectivity index (χ0n) is 8.51. The molecule has 0 aromatic heterocycles. The molecule has 0 fully saturated rings. The van der Waals surface area contributed by atoms with Crippen LogP contribution in [-0.2, 0) is 19.6 Å². The maximum absolute atomic E-state index is 11.5. The van der Waals surface area contributed by atoms with E-state index < -0.39 is 20.9 Å². The number of ether oxygens (including phenoxy) is 1. The molecule has 1 rings (SSSR count). The van der Waals surface area contributed by atoms with Gasteiger partial charge in [-0.3, -0.25) is 0 Å². The summed E-state index contributed by atoms with van der Waals surface area (Å²) in [5.41, 5.74) is -0.0171. The lowest BCUT2D eigenvalue weighted by atomic mass is 10.2. The van der Waals surface area contributed by atoms with Crippen molar-refractivity contribution in [3.05, 3.63) is 28.8 Å². The summed E-state index contributed by atoms with van der Waals surface area (Å²) < 4.78 is 30.0. The number of isocyanates is 1. The molecule has 0 spiro atoms. The smallest absolute Gasteiger partial charge is 0.337 e. The molecule has 0 saturated heterocycles. The molecule has 0 amide bonds. The van der Waals surface area contributed by atoms with E-state index in [1.54, 1.807) is 0 Å². The summed E-state index contributed by atoms with van der Waals surface area (Å²) in [7, 11) is -3.10. The molecule has 0 saturated carbocycles. The number of methoxy groups -OCH3 is 1. The minimum atomic E-state index is -4.24. The van der Waals surface area contributed by atoms with Gasteiger partial charge in [0, 0.05) is 0 Å². The van der Waals surface area contributed by atoms with E-state index in [0.29, 0.717) is 0 Å². The Balaban J connectivity index is 3.44. The highest BCUT2D eigenvalue weighted by Crippen LogP contribution is 2.24. The summed E-state index contributed by atoms with van der Waals surface area (Å²) in [6.07, 6.45) is 0.909. The van der Waals surface area contributed by atoms with Crippen LogP contribution in [-0.4, -0.2) is 27.6 Å². The molecule has 0 aliphatic carbocycles. The molecular weight excluding hydrogens is 270 g/mol. The Hall–Kier alpha value is -1.69. The van der Waals surface area contributed by atoms with Gasteiger partial charge < -0.3 is 4.74 Å². The highest BCUT2D eigenvalue weighted by atomic mass is 35.5. The van der Waals surface area contributed by atoms with Crippen molar-refractivity contribution in [1.82, 2.24) is 0 Å². The van der Waals surface area contributed by atoms with Gasteiger partial charge in [-0.2, -0.15) is 8.42 Å². The minimum absolute atomic E-state index is 0.0171. The van der Waals surface area contributed by atoms with Crippen LogP contribution in [0.25, 0.3) is 0 Å². The molecule has 0 N–H and O–H groups in total. The summed E-state index contributed by atoms with van der Waals surface area (Å²) in [6.45, 7) is 0. The third kappa shape index (κ3) is 2.91. The van der Waals surface area contributed by atoms with Gasteiger partial charge in [-0.05, 0) is 18.2 Å². The summed E-state index contributed by atoms with van der Waals surface area (Å²) in [4.78, 5) is 20.7. The van der Waals surface area contributed by atoms with Crippen LogP contribution in [0.4, 0.5) is 0 Å². The average Bonchev–Trinajstić information content (AvgIpc) is 2.28. The van der Waals surface area contributed by atoms with E-state index >= 15 is 0 Å². The highest BCUT2D eigenvalue weighted by molar-refractivity contribution is 7.90. The number of carbonyl (C=O) groups excluding carboxylic acids is 2. The van der Waals surface area contributed by atoms with Crippen LogP contribution in [0, 0.1) is 0 Å². The standard InChI is InChI=1S/C9H6ClNO5S/c1-16-9(13)6-2-3-7(10)8(4-6)17(14,15)11-5-12/h2-4H,1H3. The summed E-state index contributed by atoms with van der Waals surface area (Å²) >= 11 is 5.64. The predicted molar refractivity (Wildman–Crippen MR) is 58.1 cm³/mol. The summed E-state index contributed by atoms with van der Waals surface area (Å²) in [5, 5.41) is -0.156. The van der Waals surface area contributed by atoms with Gasteiger partial charge in [0.2, 0.25) is 0 Å². The maximum Gasteiger partial charge on any atom is 0.337 e. The molecule has 1 aromatic carbocycles. The van der Waals surface area contributed by atoms with Crippen LogP contribution in [0.15, 0.2) is 27.5 Å². The second-order valence-electron chi connectivity index (χ2n) is 2.79. The van der Waals surface area contributed by atoms with E-state index in [4.69, 9.17) is 11.6 Å². The number of esters is 1. The second-order valence-corrected chi connectivity index (χ2v) is 4.77. The SMILES string of the molecule is COC(=O)c1ccc(Cl)c(S(=O)(=O)N=C=O)c1. The van der Waals surface area contributed by atoms with Gasteiger partial charge in [-0.25, -0.2) is 9.59 Å². The Morgan fingerprint density at radius 1 is 1.47 bits per heavy atom. The minimum Gasteiger partial charge on any atom is -0.465 e. The summed E-state index contributed by atoms with van der Waals surface area (Å²) in [6, 6.07) is 3.46. The van der Waals surface area contributed by atoms with Crippen molar-refractivity contribution in [2.24, 2.45) is 4.40 Å². The largest absolute Gasteiger partial charge is 0.465 e. The molecule has 90 valence electrons. The van der Waals surface area contributed by atoms with E-state index in [1.165, 1.54) is 12.1 Å². The molecule has 1 aromatic rings. The first-order chi connectivity index (χ1) is 7.92. The number of rotatable bonds is 3. The molecule has 0 atom stereocenters. The molecule has 17 heavy (non-hydrogen) atoms. The number of carbonyl (C=O) groups is 1. The number of halogens is 1. The lowest BCUT2D eigenvalue weighted by Crippen LogP contribution is -2.04. The molecule has 0 bridgehead atoms. The lowest BCUT2D eigenvalue weighted by molar-refractivity contribution is 0.0600. The molecular formula is C9H6ClNO5S. The molecule has 6 nitrogen and oxygen atoms in total. The van der Waals surface area contributed by atoms with Gasteiger partial charge in [0.1, 0.15) is 4.90 Å².